The van der Waals surface area contributed by atoms with Gasteiger partial charge in [0, 0.05) is 62.5 Å². The smallest absolute Gasteiger partial charge is 0.300 e. The SMILES string of the molecule is CC(=O)O.CC(=O)O.CC(=O)O.O.O.[Ce]. The molecule has 0 amide bonds. The van der Waals surface area contributed by atoms with Gasteiger partial charge in [0.25, 0.3) is 17.9 Å². The topological polar surface area (TPSA) is 175 Å². The maximum Gasteiger partial charge on any atom is 0.300 e. The minimum absolute atomic E-state index is 0. The van der Waals surface area contributed by atoms with E-state index in [4.69, 9.17) is 29.7 Å². The number of carbonyl (C=O) groups is 3. The maximum absolute atomic E-state index is 9.00. The minimum Gasteiger partial charge on any atom is -0.481 e. The van der Waals surface area contributed by atoms with Crippen LogP contribution in [0.3, 0.4) is 0 Å². The van der Waals surface area contributed by atoms with Gasteiger partial charge in [0.1, 0.15) is 0 Å². The first-order chi connectivity index (χ1) is 5.20. The van der Waals surface area contributed by atoms with E-state index in [9.17, 15) is 0 Å². The summed E-state index contributed by atoms with van der Waals surface area (Å²) in [7, 11) is 0. The molecule has 0 unspecified atom stereocenters. The minimum atomic E-state index is -0.833. The monoisotopic (exact) mass is 356 g/mol. The van der Waals surface area contributed by atoms with E-state index in [2.05, 4.69) is 0 Å². The molecule has 0 aliphatic heterocycles. The van der Waals surface area contributed by atoms with Crippen molar-refractivity contribution in [3.05, 3.63) is 0 Å². The van der Waals surface area contributed by atoms with E-state index in [1.54, 1.807) is 0 Å². The van der Waals surface area contributed by atoms with Gasteiger partial charge in [-0.15, -0.1) is 0 Å². The summed E-state index contributed by atoms with van der Waals surface area (Å²) in [6.07, 6.45) is 0. The molecule has 0 radical (unpaired) electrons. The molecule has 0 aromatic heterocycles. The van der Waals surface area contributed by atoms with E-state index in [0.717, 1.165) is 20.8 Å². The van der Waals surface area contributed by atoms with Gasteiger partial charge in [0.05, 0.1) is 0 Å². The summed E-state index contributed by atoms with van der Waals surface area (Å²) in [4.78, 5) is 27.0. The third kappa shape index (κ3) is 21800. The molecule has 7 N–H and O–H groups in total. The van der Waals surface area contributed by atoms with Crippen molar-refractivity contribution in [3.63, 3.8) is 0 Å². The zero-order valence-corrected chi connectivity index (χ0v) is 11.7. The molecule has 92 valence electrons. The summed E-state index contributed by atoms with van der Waals surface area (Å²) in [5.41, 5.74) is 0. The Bertz CT molecular complexity index is 117. The molecule has 0 aromatic carbocycles. The summed E-state index contributed by atoms with van der Waals surface area (Å²) in [6.45, 7) is 3.25. The van der Waals surface area contributed by atoms with Gasteiger partial charge >= 0.3 is 0 Å². The standard InChI is InChI=1S/3C2H4O2.Ce.2H2O/c3*1-2(3)4;;;/h3*1H3,(H,3,4);;2*1H2. The molecule has 0 heterocycles. The summed E-state index contributed by atoms with van der Waals surface area (Å²) < 4.78 is 0. The molecule has 0 aromatic rings. The van der Waals surface area contributed by atoms with Crippen molar-refractivity contribution in [2.24, 2.45) is 0 Å². The molecule has 0 saturated heterocycles. The van der Waals surface area contributed by atoms with Gasteiger partial charge in [-0.2, -0.15) is 0 Å². The Morgan fingerprint density at radius 3 is 0.667 bits per heavy atom. The summed E-state index contributed by atoms with van der Waals surface area (Å²) in [5.74, 6) is -2.50. The van der Waals surface area contributed by atoms with Gasteiger partial charge in [0.15, 0.2) is 0 Å². The zero-order valence-electron chi connectivity index (χ0n) is 8.57. The third-order valence-electron chi connectivity index (χ3n) is 0. The zero-order chi connectivity index (χ0) is 10.7. The van der Waals surface area contributed by atoms with Gasteiger partial charge in [0.2, 0.25) is 0 Å². The Kier molecular flexibility index (Phi) is 70.9. The van der Waals surface area contributed by atoms with Crippen LogP contribution in [-0.2, 0) is 14.4 Å². The van der Waals surface area contributed by atoms with Crippen LogP contribution < -0.4 is 0 Å². The fourth-order valence-corrected chi connectivity index (χ4v) is 0. The number of carboxylic acid groups (broad SMARTS) is 3. The molecule has 9 heteroatoms. The van der Waals surface area contributed by atoms with Gasteiger partial charge in [-0.05, 0) is 0 Å². The van der Waals surface area contributed by atoms with E-state index in [1.807, 2.05) is 0 Å². The summed E-state index contributed by atoms with van der Waals surface area (Å²) >= 11 is 0. The van der Waals surface area contributed by atoms with Crippen molar-refractivity contribution in [2.45, 2.75) is 20.8 Å². The molecule has 0 aliphatic rings. The van der Waals surface area contributed by atoms with E-state index >= 15 is 0 Å². The molecule has 0 spiro atoms. The predicted molar refractivity (Wildman–Crippen MR) is 47.2 cm³/mol. The average Bonchev–Trinajstić information content (AvgIpc) is 1.54. The Morgan fingerprint density at radius 2 is 0.667 bits per heavy atom. The van der Waals surface area contributed by atoms with Crippen LogP contribution in [0.2, 0.25) is 0 Å². The molecule has 15 heavy (non-hydrogen) atoms. The maximum atomic E-state index is 9.00. The number of rotatable bonds is 0. The molecule has 0 atom stereocenters. The second-order valence-corrected chi connectivity index (χ2v) is 1.56. The Labute approximate surface area is 120 Å². The molecule has 0 aliphatic carbocycles. The van der Waals surface area contributed by atoms with E-state index in [0.29, 0.717) is 0 Å². The number of aliphatic carboxylic acids is 3. The van der Waals surface area contributed by atoms with E-state index in [1.165, 1.54) is 0 Å². The van der Waals surface area contributed by atoms with E-state index < -0.39 is 17.9 Å². The molecule has 0 fully saturated rings. The van der Waals surface area contributed by atoms with Crippen molar-refractivity contribution in [2.75, 3.05) is 0 Å². The molecule has 0 rings (SSSR count). The van der Waals surface area contributed by atoms with Crippen molar-refractivity contribution in [3.8, 4) is 0 Å². The van der Waals surface area contributed by atoms with Crippen molar-refractivity contribution in [1.82, 2.24) is 0 Å². The molecule has 0 saturated carbocycles. The van der Waals surface area contributed by atoms with Crippen LogP contribution in [0.5, 0.6) is 0 Å². The van der Waals surface area contributed by atoms with E-state index in [-0.39, 0.29) is 52.7 Å². The van der Waals surface area contributed by atoms with Crippen LogP contribution in [0.4, 0.5) is 0 Å². The summed E-state index contributed by atoms with van der Waals surface area (Å²) in [6, 6.07) is 0. The second kappa shape index (κ2) is 29.2. The Hall–Kier alpha value is -0.293. The molecular weight excluding hydrogens is 340 g/mol. The fraction of sp³-hybridized carbons (Fsp3) is 0.500. The Balaban J connectivity index is -0.0000000184. The Morgan fingerprint density at radius 1 is 0.667 bits per heavy atom. The first-order valence-corrected chi connectivity index (χ1v) is 2.78. The van der Waals surface area contributed by atoms with Gasteiger partial charge in [-0.25, -0.2) is 0 Å². The van der Waals surface area contributed by atoms with Crippen molar-refractivity contribution in [1.29, 1.82) is 0 Å². The van der Waals surface area contributed by atoms with Crippen LogP contribution in [-0.4, -0.2) is 44.2 Å². The first-order valence-electron chi connectivity index (χ1n) is 2.78. The number of hydrogen-bond donors (Lipinski definition) is 3. The predicted octanol–water partition coefficient (Wildman–Crippen LogP) is -1.38. The van der Waals surface area contributed by atoms with Crippen LogP contribution in [0, 0.1) is 41.7 Å². The quantitative estimate of drug-likeness (QED) is 0.482. The number of carboxylic acids is 3. The van der Waals surface area contributed by atoms with Crippen LogP contribution >= 0.6 is 0 Å². The third-order valence-corrected chi connectivity index (χ3v) is 0. The second-order valence-electron chi connectivity index (χ2n) is 1.56. The average molecular weight is 356 g/mol. The van der Waals surface area contributed by atoms with Crippen LogP contribution in [0.25, 0.3) is 0 Å². The fourth-order valence-electron chi connectivity index (χ4n) is 0. The largest absolute Gasteiger partial charge is 0.481 e. The van der Waals surface area contributed by atoms with Gasteiger partial charge in [-0.3, -0.25) is 14.4 Å². The molecular formula is C6H16CeO8. The van der Waals surface area contributed by atoms with Crippen molar-refractivity contribution >= 4 is 17.9 Å². The van der Waals surface area contributed by atoms with Gasteiger partial charge in [-0.1, -0.05) is 0 Å². The summed E-state index contributed by atoms with van der Waals surface area (Å²) in [5, 5.41) is 22.2. The normalized spacial score (nSPS) is 5.00. The molecule has 0 bridgehead atoms. The first kappa shape index (κ1) is 36.4. The van der Waals surface area contributed by atoms with Gasteiger partial charge < -0.3 is 26.3 Å². The van der Waals surface area contributed by atoms with Crippen molar-refractivity contribution < 1.29 is 82.4 Å². The molecule has 8 nitrogen and oxygen atoms in total. The number of hydrogen-bond acceptors (Lipinski definition) is 3. The van der Waals surface area contributed by atoms with Crippen LogP contribution in [0.15, 0.2) is 0 Å². The van der Waals surface area contributed by atoms with Crippen LogP contribution in [0.1, 0.15) is 20.8 Å².